The molecule has 0 saturated heterocycles. The molecule has 0 aliphatic carbocycles. The van der Waals surface area contributed by atoms with Gasteiger partial charge in [0.15, 0.2) is 0 Å². The van der Waals surface area contributed by atoms with E-state index in [-0.39, 0.29) is 11.8 Å². The van der Waals surface area contributed by atoms with Crippen LogP contribution in [0.4, 0.5) is 5.69 Å². The molecule has 0 radical (unpaired) electrons. The number of nitriles is 1. The molecule has 3 aromatic rings. The Morgan fingerprint density at radius 1 is 1.23 bits per heavy atom. The van der Waals surface area contributed by atoms with E-state index in [1.165, 1.54) is 16.2 Å². The quantitative estimate of drug-likeness (QED) is 0.635. The molecule has 156 valence electrons. The van der Waals surface area contributed by atoms with Crippen molar-refractivity contribution >= 4 is 40.4 Å². The van der Waals surface area contributed by atoms with Crippen LogP contribution in [0.5, 0.6) is 5.75 Å². The molecule has 8 heteroatoms. The minimum absolute atomic E-state index is 0.202. The van der Waals surface area contributed by atoms with Crippen molar-refractivity contribution in [1.29, 1.82) is 5.26 Å². The first-order valence-electron chi connectivity index (χ1n) is 9.52. The van der Waals surface area contributed by atoms with Crippen LogP contribution < -0.4 is 15.0 Å². The SMILES string of the molecule is CNC(=O)c1ccc(N(C)C(=O)c2cc3c(s2)-c2cc(C#N)ccc2OCC3)c(Cl)c1. The van der Waals surface area contributed by atoms with E-state index in [9.17, 15) is 14.9 Å². The Morgan fingerprint density at radius 2 is 2.03 bits per heavy atom. The van der Waals surface area contributed by atoms with E-state index in [0.29, 0.717) is 45.5 Å². The molecule has 2 amide bonds. The van der Waals surface area contributed by atoms with Crippen molar-refractivity contribution in [1.82, 2.24) is 5.32 Å². The van der Waals surface area contributed by atoms with Gasteiger partial charge >= 0.3 is 0 Å². The molecule has 0 bridgehead atoms. The van der Waals surface area contributed by atoms with Crippen molar-refractivity contribution in [3.8, 4) is 22.3 Å². The molecule has 0 saturated carbocycles. The maximum atomic E-state index is 13.2. The third kappa shape index (κ3) is 3.88. The first-order chi connectivity index (χ1) is 14.9. The number of hydrogen-bond donors (Lipinski definition) is 1. The standard InChI is InChI=1S/C23H18ClN3O3S/c1-26-22(28)15-4-5-18(17(24)10-15)27(2)23(29)20-11-14-7-8-30-19-6-3-13(12-25)9-16(19)21(14)31-20/h3-6,9-11H,7-8H2,1-2H3,(H,26,28). The monoisotopic (exact) mass is 451 g/mol. The summed E-state index contributed by atoms with van der Waals surface area (Å²) in [6.45, 7) is 0.499. The average molecular weight is 452 g/mol. The first kappa shape index (κ1) is 20.9. The summed E-state index contributed by atoms with van der Waals surface area (Å²) in [5.41, 5.74) is 3.31. The fourth-order valence-corrected chi connectivity index (χ4v) is 4.97. The number of carbonyl (C=O) groups excluding carboxylic acids is 2. The van der Waals surface area contributed by atoms with Crippen molar-refractivity contribution < 1.29 is 14.3 Å². The molecule has 1 aromatic heterocycles. The van der Waals surface area contributed by atoms with Crippen molar-refractivity contribution in [3.63, 3.8) is 0 Å². The van der Waals surface area contributed by atoms with Crippen molar-refractivity contribution in [2.75, 3.05) is 25.6 Å². The third-order valence-electron chi connectivity index (χ3n) is 5.10. The summed E-state index contributed by atoms with van der Waals surface area (Å²) in [7, 11) is 3.20. The first-order valence-corrected chi connectivity index (χ1v) is 10.7. The van der Waals surface area contributed by atoms with Gasteiger partial charge in [-0.3, -0.25) is 9.59 Å². The molecule has 6 nitrogen and oxygen atoms in total. The Bertz CT molecular complexity index is 1250. The highest BCUT2D eigenvalue weighted by molar-refractivity contribution is 7.17. The average Bonchev–Trinajstić information content (AvgIpc) is 3.14. The summed E-state index contributed by atoms with van der Waals surface area (Å²) < 4.78 is 5.81. The van der Waals surface area contributed by atoms with E-state index in [2.05, 4.69) is 11.4 Å². The molecule has 4 rings (SSSR count). The van der Waals surface area contributed by atoms with E-state index < -0.39 is 0 Å². The Balaban J connectivity index is 1.68. The van der Waals surface area contributed by atoms with Crippen LogP contribution in [-0.2, 0) is 6.42 Å². The molecular weight excluding hydrogens is 434 g/mol. The molecule has 0 atom stereocenters. The number of benzene rings is 2. The largest absolute Gasteiger partial charge is 0.493 e. The van der Waals surface area contributed by atoms with E-state index in [4.69, 9.17) is 16.3 Å². The number of nitrogens with one attached hydrogen (secondary N) is 1. The van der Waals surface area contributed by atoms with Gasteiger partial charge in [0.2, 0.25) is 0 Å². The fraction of sp³-hybridized carbons (Fsp3) is 0.174. The second-order valence-electron chi connectivity index (χ2n) is 7.00. The zero-order valence-electron chi connectivity index (χ0n) is 16.9. The summed E-state index contributed by atoms with van der Waals surface area (Å²) in [6, 6.07) is 14.2. The van der Waals surface area contributed by atoms with Gasteiger partial charge in [-0.15, -0.1) is 11.3 Å². The normalized spacial score (nSPS) is 11.9. The summed E-state index contributed by atoms with van der Waals surface area (Å²) in [4.78, 5) is 28.0. The highest BCUT2D eigenvalue weighted by atomic mass is 35.5. The van der Waals surface area contributed by atoms with Gasteiger partial charge in [-0.2, -0.15) is 5.26 Å². The number of amides is 2. The zero-order valence-corrected chi connectivity index (χ0v) is 18.4. The Labute approximate surface area is 188 Å². The number of fused-ring (bicyclic) bond motifs is 3. The van der Waals surface area contributed by atoms with Crippen LogP contribution in [0, 0.1) is 11.3 Å². The lowest BCUT2D eigenvalue weighted by Crippen LogP contribution is -2.26. The predicted molar refractivity (Wildman–Crippen MR) is 121 cm³/mol. The molecule has 31 heavy (non-hydrogen) atoms. The number of halogens is 1. The molecule has 2 heterocycles. The lowest BCUT2D eigenvalue weighted by atomic mass is 10.1. The van der Waals surface area contributed by atoms with Gasteiger partial charge in [0.1, 0.15) is 5.75 Å². The number of ether oxygens (including phenoxy) is 1. The number of nitrogens with zero attached hydrogens (tertiary/aromatic N) is 2. The smallest absolute Gasteiger partial charge is 0.268 e. The van der Waals surface area contributed by atoms with Gasteiger partial charge in [0.05, 0.1) is 33.8 Å². The molecule has 1 aliphatic heterocycles. The van der Waals surface area contributed by atoms with Crippen molar-refractivity contribution in [2.45, 2.75) is 6.42 Å². The van der Waals surface area contributed by atoms with E-state index in [0.717, 1.165) is 16.0 Å². The Morgan fingerprint density at radius 3 is 2.74 bits per heavy atom. The summed E-state index contributed by atoms with van der Waals surface area (Å²) >= 11 is 7.73. The van der Waals surface area contributed by atoms with Crippen LogP contribution in [0.1, 0.15) is 31.2 Å². The van der Waals surface area contributed by atoms with Crippen molar-refractivity contribution in [2.24, 2.45) is 0 Å². The molecular formula is C23H18ClN3O3S. The predicted octanol–water partition coefficient (Wildman–Crippen LogP) is 4.51. The van der Waals surface area contributed by atoms with Gasteiger partial charge in [0.25, 0.3) is 11.8 Å². The Hall–Kier alpha value is -3.34. The van der Waals surface area contributed by atoms with Gasteiger partial charge in [-0.05, 0) is 48.0 Å². The maximum Gasteiger partial charge on any atom is 0.268 e. The van der Waals surface area contributed by atoms with Crippen LogP contribution in [0.3, 0.4) is 0 Å². The summed E-state index contributed by atoms with van der Waals surface area (Å²) in [6.07, 6.45) is 0.668. The minimum Gasteiger partial charge on any atom is -0.493 e. The number of anilines is 1. The summed E-state index contributed by atoms with van der Waals surface area (Å²) in [5, 5.41) is 12.1. The topological polar surface area (TPSA) is 82.4 Å². The molecule has 0 spiro atoms. The second kappa shape index (κ2) is 8.42. The van der Waals surface area contributed by atoms with Crippen LogP contribution in [0.25, 0.3) is 10.4 Å². The molecule has 0 fully saturated rings. The van der Waals surface area contributed by atoms with E-state index in [1.54, 1.807) is 50.5 Å². The van der Waals surface area contributed by atoms with Gasteiger partial charge < -0.3 is 15.0 Å². The highest BCUT2D eigenvalue weighted by Gasteiger charge is 2.24. The molecule has 2 aromatic carbocycles. The number of carbonyl (C=O) groups is 2. The fourth-order valence-electron chi connectivity index (χ4n) is 3.46. The lowest BCUT2D eigenvalue weighted by Gasteiger charge is -2.18. The van der Waals surface area contributed by atoms with E-state index in [1.807, 2.05) is 6.07 Å². The maximum absolute atomic E-state index is 13.2. The molecule has 1 N–H and O–H groups in total. The second-order valence-corrected chi connectivity index (χ2v) is 8.46. The number of thiophene rings is 1. The van der Waals surface area contributed by atoms with Crippen molar-refractivity contribution in [3.05, 3.63) is 69.1 Å². The molecule has 1 aliphatic rings. The van der Waals surface area contributed by atoms with Gasteiger partial charge in [-0.25, -0.2) is 0 Å². The van der Waals surface area contributed by atoms with Gasteiger partial charge in [0, 0.05) is 36.5 Å². The Kier molecular flexibility index (Phi) is 5.68. The van der Waals surface area contributed by atoms with Crippen LogP contribution in [0.2, 0.25) is 5.02 Å². The summed E-state index contributed by atoms with van der Waals surface area (Å²) in [5.74, 6) is 0.258. The van der Waals surface area contributed by atoms with E-state index >= 15 is 0 Å². The molecule has 0 unspecified atom stereocenters. The van der Waals surface area contributed by atoms with Crippen LogP contribution in [-0.4, -0.2) is 32.5 Å². The number of hydrogen-bond acceptors (Lipinski definition) is 5. The third-order valence-corrected chi connectivity index (χ3v) is 6.61. The highest BCUT2D eigenvalue weighted by Crippen LogP contribution is 2.42. The number of rotatable bonds is 3. The minimum atomic E-state index is -0.248. The lowest BCUT2D eigenvalue weighted by molar-refractivity contribution is 0.0962. The van der Waals surface area contributed by atoms with Gasteiger partial charge in [-0.1, -0.05) is 11.6 Å². The zero-order chi connectivity index (χ0) is 22.1. The van der Waals surface area contributed by atoms with Crippen LogP contribution in [0.15, 0.2) is 42.5 Å². The van der Waals surface area contributed by atoms with Crippen LogP contribution >= 0.6 is 22.9 Å².